The van der Waals surface area contributed by atoms with E-state index >= 15 is 0 Å². The molecule has 2 fully saturated rings. The van der Waals surface area contributed by atoms with Crippen molar-refractivity contribution in [1.29, 1.82) is 0 Å². The molecule has 2 heterocycles. The number of benzene rings is 3. The number of esters is 1. The number of hydrogen-bond acceptors (Lipinski definition) is 9. The normalized spacial score (nSPS) is 26.7. The van der Waals surface area contributed by atoms with Crippen LogP contribution < -0.4 is 0 Å². The molecule has 2 saturated heterocycles. The van der Waals surface area contributed by atoms with Gasteiger partial charge in [0.25, 0.3) is 0 Å². The van der Waals surface area contributed by atoms with Gasteiger partial charge < -0.3 is 28.4 Å². The number of fused-ring (bicyclic) bond motifs is 1. The van der Waals surface area contributed by atoms with Crippen molar-refractivity contribution >= 4 is 34.3 Å². The van der Waals surface area contributed by atoms with Gasteiger partial charge in [-0.05, 0) is 29.9 Å². The molecule has 6 unspecified atom stereocenters. The van der Waals surface area contributed by atoms with E-state index in [9.17, 15) is 4.79 Å². The lowest BCUT2D eigenvalue weighted by molar-refractivity contribution is -0.354. The molecule has 0 spiro atoms. The highest BCUT2D eigenvalue weighted by atomic mass is 32.2. The lowest BCUT2D eigenvalue weighted by Crippen LogP contribution is -2.64. The summed E-state index contributed by atoms with van der Waals surface area (Å²) in [6.07, 6.45) is -4.43. The molecule has 5 rings (SSSR count). The molecular formula is C29H28O7S2. The highest BCUT2D eigenvalue weighted by molar-refractivity contribution is 8.22. The smallest absolute Gasteiger partial charge is 0.338 e. The van der Waals surface area contributed by atoms with E-state index in [1.165, 1.54) is 18.9 Å². The van der Waals surface area contributed by atoms with E-state index in [4.69, 9.17) is 40.6 Å². The predicted molar refractivity (Wildman–Crippen MR) is 147 cm³/mol. The number of rotatable bonds is 7. The molecule has 3 aromatic carbocycles. The zero-order valence-electron chi connectivity index (χ0n) is 20.7. The summed E-state index contributed by atoms with van der Waals surface area (Å²) in [5.41, 5.74) is 2.37. The Balaban J connectivity index is 1.39. The van der Waals surface area contributed by atoms with Crippen LogP contribution in [0.15, 0.2) is 91.0 Å². The van der Waals surface area contributed by atoms with E-state index in [1.807, 2.05) is 66.7 Å². The zero-order valence-corrected chi connectivity index (χ0v) is 22.3. The Kier molecular flexibility index (Phi) is 9.06. The van der Waals surface area contributed by atoms with Crippen LogP contribution in [0.3, 0.4) is 0 Å². The van der Waals surface area contributed by atoms with E-state index in [1.54, 1.807) is 24.3 Å². The summed E-state index contributed by atoms with van der Waals surface area (Å²) in [6, 6.07) is 28.3. The molecule has 7 nitrogen and oxygen atoms in total. The van der Waals surface area contributed by atoms with Gasteiger partial charge in [0.2, 0.25) is 4.38 Å². The van der Waals surface area contributed by atoms with Crippen LogP contribution in [0.4, 0.5) is 0 Å². The van der Waals surface area contributed by atoms with Crippen LogP contribution in [-0.4, -0.2) is 54.8 Å². The summed E-state index contributed by atoms with van der Waals surface area (Å²) >= 11 is 7.00. The van der Waals surface area contributed by atoms with E-state index in [0.717, 1.165) is 11.1 Å². The summed E-state index contributed by atoms with van der Waals surface area (Å²) in [4.78, 5) is 13.1. The van der Waals surface area contributed by atoms with E-state index in [-0.39, 0.29) is 6.61 Å². The monoisotopic (exact) mass is 552 g/mol. The maximum atomic E-state index is 13.1. The molecule has 0 amide bonds. The molecule has 2 aliphatic rings. The van der Waals surface area contributed by atoms with Gasteiger partial charge in [0.05, 0.1) is 12.2 Å². The van der Waals surface area contributed by atoms with Gasteiger partial charge in [-0.15, -0.1) is 0 Å². The van der Waals surface area contributed by atoms with Crippen LogP contribution in [0.5, 0.6) is 0 Å². The van der Waals surface area contributed by atoms with Crippen molar-refractivity contribution in [1.82, 2.24) is 0 Å². The maximum Gasteiger partial charge on any atom is 0.338 e. The van der Waals surface area contributed by atoms with Crippen LogP contribution in [0.2, 0.25) is 0 Å². The average molecular weight is 553 g/mol. The van der Waals surface area contributed by atoms with Gasteiger partial charge in [-0.1, -0.05) is 90.6 Å². The van der Waals surface area contributed by atoms with Crippen LogP contribution in [0.25, 0.3) is 0 Å². The van der Waals surface area contributed by atoms with Crippen molar-refractivity contribution in [3.63, 3.8) is 0 Å². The number of carbonyl (C=O) groups excluding carboxylic acids is 1. The number of thioether (sulfide) groups is 1. The standard InChI is InChI=1S/C29H28O7S2/c1-31-28-25(34-26(30)20-13-7-3-8-14-20)24(36-29(37)38-18-19-11-5-2-6-12-19)23-22(33-28)17-32-27(35-23)21-15-9-4-10-16-21/h2-16,22-25,27-28H,17-18H2,1H3. The zero-order chi connectivity index (χ0) is 26.3. The first-order chi connectivity index (χ1) is 18.6. The van der Waals surface area contributed by atoms with Gasteiger partial charge in [0.1, 0.15) is 12.2 Å². The van der Waals surface area contributed by atoms with Crippen LogP contribution in [-0.2, 0) is 34.2 Å². The number of carbonyl (C=O) groups is 1. The third kappa shape index (κ3) is 6.43. The predicted octanol–water partition coefficient (Wildman–Crippen LogP) is 5.30. The second-order valence-corrected chi connectivity index (χ2v) is 10.4. The Bertz CT molecular complexity index is 1200. The molecule has 0 saturated carbocycles. The van der Waals surface area contributed by atoms with Gasteiger partial charge in [-0.25, -0.2) is 4.79 Å². The third-order valence-corrected chi connectivity index (χ3v) is 7.53. The number of hydrogen-bond donors (Lipinski definition) is 0. The van der Waals surface area contributed by atoms with Gasteiger partial charge in [0, 0.05) is 18.4 Å². The van der Waals surface area contributed by atoms with Crippen molar-refractivity contribution < 1.29 is 33.2 Å². The van der Waals surface area contributed by atoms with Gasteiger partial charge >= 0.3 is 5.97 Å². The van der Waals surface area contributed by atoms with Crippen molar-refractivity contribution in [2.24, 2.45) is 0 Å². The lowest BCUT2D eigenvalue weighted by Gasteiger charge is -2.48. The first kappa shape index (κ1) is 26.8. The molecule has 0 N–H and O–H groups in total. The molecule has 2 aliphatic heterocycles. The first-order valence-electron chi connectivity index (χ1n) is 12.3. The molecule has 3 aromatic rings. The summed E-state index contributed by atoms with van der Waals surface area (Å²) in [6.45, 7) is 0.243. The molecule has 0 bridgehead atoms. The van der Waals surface area contributed by atoms with E-state index < -0.39 is 43.0 Å². The minimum atomic E-state index is -0.946. The average Bonchev–Trinajstić information content (AvgIpc) is 2.98. The van der Waals surface area contributed by atoms with E-state index in [2.05, 4.69) is 0 Å². The third-order valence-electron chi connectivity index (χ3n) is 6.27. The summed E-state index contributed by atoms with van der Waals surface area (Å²) in [5.74, 6) is 0.110. The number of thiocarbonyl (C=S) groups is 1. The fraction of sp³-hybridized carbons (Fsp3) is 0.310. The molecule has 0 aromatic heterocycles. The topological polar surface area (TPSA) is 72.5 Å². The maximum absolute atomic E-state index is 13.1. The van der Waals surface area contributed by atoms with Crippen LogP contribution in [0.1, 0.15) is 27.8 Å². The van der Waals surface area contributed by atoms with Crippen molar-refractivity contribution in [2.45, 2.75) is 42.7 Å². The summed E-state index contributed by atoms with van der Waals surface area (Å²) < 4.78 is 36.7. The fourth-order valence-corrected chi connectivity index (χ4v) is 5.35. The number of ether oxygens (including phenoxy) is 6. The van der Waals surface area contributed by atoms with Crippen molar-refractivity contribution in [3.8, 4) is 0 Å². The Hall–Kier alpha value is -2.79. The molecule has 38 heavy (non-hydrogen) atoms. The fourth-order valence-electron chi connectivity index (χ4n) is 4.40. The summed E-state index contributed by atoms with van der Waals surface area (Å²) in [7, 11) is 1.49. The SMILES string of the molecule is COC1OC2COC(c3ccccc3)OC2C(OC(=S)SCc2ccccc2)C1OC(=O)c1ccccc1. The summed E-state index contributed by atoms with van der Waals surface area (Å²) in [5, 5.41) is 0. The second kappa shape index (κ2) is 12.8. The first-order valence-corrected chi connectivity index (χ1v) is 13.7. The Labute approximate surface area is 231 Å². The van der Waals surface area contributed by atoms with Crippen molar-refractivity contribution in [3.05, 3.63) is 108 Å². The minimum Gasteiger partial charge on any atom is -0.468 e. The number of methoxy groups -OCH3 is 1. The van der Waals surface area contributed by atoms with Gasteiger partial charge in [-0.2, -0.15) is 0 Å². The highest BCUT2D eigenvalue weighted by Gasteiger charge is 2.53. The van der Waals surface area contributed by atoms with Gasteiger partial charge in [-0.3, -0.25) is 0 Å². The highest BCUT2D eigenvalue weighted by Crippen LogP contribution is 2.37. The van der Waals surface area contributed by atoms with Crippen LogP contribution >= 0.6 is 24.0 Å². The molecule has 0 radical (unpaired) electrons. The van der Waals surface area contributed by atoms with Crippen LogP contribution in [0, 0.1) is 0 Å². The second-order valence-electron chi connectivity index (χ2n) is 8.80. The molecular weight excluding hydrogens is 524 g/mol. The van der Waals surface area contributed by atoms with Gasteiger partial charge in [0.15, 0.2) is 24.8 Å². The molecule has 0 aliphatic carbocycles. The van der Waals surface area contributed by atoms with E-state index in [0.29, 0.717) is 15.7 Å². The van der Waals surface area contributed by atoms with Crippen molar-refractivity contribution in [2.75, 3.05) is 13.7 Å². The largest absolute Gasteiger partial charge is 0.468 e. The molecule has 9 heteroatoms. The quantitative estimate of drug-likeness (QED) is 0.287. The minimum absolute atomic E-state index is 0.243. The Morgan fingerprint density at radius 1 is 0.895 bits per heavy atom. The molecule has 198 valence electrons. The molecule has 6 atom stereocenters. The Morgan fingerprint density at radius 3 is 2.24 bits per heavy atom. The lowest BCUT2D eigenvalue weighted by atomic mass is 9.97. The Morgan fingerprint density at radius 2 is 1.55 bits per heavy atom.